The van der Waals surface area contributed by atoms with Crippen LogP contribution in [-0.2, 0) is 5.41 Å². The second-order valence-corrected chi connectivity index (χ2v) is 16.0. The van der Waals surface area contributed by atoms with Crippen molar-refractivity contribution in [2.24, 2.45) is 0 Å². The fraction of sp³-hybridized carbons (Fsp3) is 0.0741. The van der Waals surface area contributed by atoms with E-state index in [9.17, 15) is 0 Å². The van der Waals surface area contributed by atoms with Gasteiger partial charge in [0.05, 0.1) is 5.41 Å². The SMILES string of the molecule is C=C/C=C1\C(=C/C)c2ccccc2C12c1ccccc1-c1ccc(N(c3ccc(-c4cc(C)c(-c5ccccc5C)s4)cc3)c3ccc4ccccc4c3)cc12. The molecule has 0 saturated heterocycles. The summed E-state index contributed by atoms with van der Waals surface area (Å²) < 4.78 is 0. The smallest absolute Gasteiger partial charge is 0.0726 e. The van der Waals surface area contributed by atoms with Crippen molar-refractivity contribution in [3.8, 4) is 32.0 Å². The molecule has 0 N–H and O–H groups in total. The number of hydrogen-bond donors (Lipinski definition) is 0. The molecule has 268 valence electrons. The van der Waals surface area contributed by atoms with Crippen LogP contribution >= 0.6 is 11.3 Å². The van der Waals surface area contributed by atoms with Gasteiger partial charge in [0.2, 0.25) is 0 Å². The Morgan fingerprint density at radius 2 is 1.14 bits per heavy atom. The second-order valence-electron chi connectivity index (χ2n) is 14.9. The lowest BCUT2D eigenvalue weighted by atomic mass is 9.70. The van der Waals surface area contributed by atoms with Crippen molar-refractivity contribution in [1.29, 1.82) is 0 Å². The highest BCUT2D eigenvalue weighted by Gasteiger charge is 2.53. The van der Waals surface area contributed by atoms with Crippen LogP contribution in [0, 0.1) is 13.8 Å². The number of fused-ring (bicyclic) bond motifs is 8. The maximum atomic E-state index is 4.22. The maximum absolute atomic E-state index is 4.22. The van der Waals surface area contributed by atoms with Crippen molar-refractivity contribution in [1.82, 2.24) is 0 Å². The molecule has 2 heteroatoms. The van der Waals surface area contributed by atoms with Crippen LogP contribution in [0.1, 0.15) is 40.3 Å². The Morgan fingerprint density at radius 1 is 0.536 bits per heavy atom. The molecule has 1 heterocycles. The number of nitrogens with zero attached hydrogens (tertiary/aromatic N) is 1. The molecule has 0 bridgehead atoms. The summed E-state index contributed by atoms with van der Waals surface area (Å²) in [5.41, 5.74) is 18.4. The van der Waals surface area contributed by atoms with E-state index in [1.807, 2.05) is 17.4 Å². The monoisotopic (exact) mass is 735 g/mol. The van der Waals surface area contributed by atoms with Crippen molar-refractivity contribution >= 4 is 44.7 Å². The zero-order valence-electron chi connectivity index (χ0n) is 31.9. The largest absolute Gasteiger partial charge is 0.310 e. The van der Waals surface area contributed by atoms with Gasteiger partial charge in [-0.15, -0.1) is 11.3 Å². The van der Waals surface area contributed by atoms with Crippen LogP contribution in [0.3, 0.4) is 0 Å². The van der Waals surface area contributed by atoms with Crippen molar-refractivity contribution in [3.63, 3.8) is 0 Å². The van der Waals surface area contributed by atoms with Gasteiger partial charge in [0.1, 0.15) is 0 Å². The molecule has 0 aliphatic heterocycles. The van der Waals surface area contributed by atoms with Crippen LogP contribution in [0.2, 0.25) is 0 Å². The highest BCUT2D eigenvalue weighted by atomic mass is 32.1. The van der Waals surface area contributed by atoms with E-state index in [4.69, 9.17) is 0 Å². The first-order chi connectivity index (χ1) is 27.5. The summed E-state index contributed by atoms with van der Waals surface area (Å²) in [4.78, 5) is 5.05. The molecular formula is C54H41NS. The third-order valence-corrected chi connectivity index (χ3v) is 13.2. The topological polar surface area (TPSA) is 3.24 Å². The number of allylic oxidation sites excluding steroid dienone is 5. The number of rotatable bonds is 6. The molecule has 2 aliphatic carbocycles. The van der Waals surface area contributed by atoms with Crippen LogP contribution < -0.4 is 4.90 Å². The molecule has 0 radical (unpaired) electrons. The predicted molar refractivity (Wildman–Crippen MR) is 241 cm³/mol. The molecular weight excluding hydrogens is 695 g/mol. The summed E-state index contributed by atoms with van der Waals surface area (Å²) in [6, 6.07) is 60.7. The van der Waals surface area contributed by atoms with Gasteiger partial charge < -0.3 is 4.90 Å². The van der Waals surface area contributed by atoms with E-state index in [2.05, 4.69) is 208 Å². The summed E-state index contributed by atoms with van der Waals surface area (Å²) in [5, 5.41) is 2.45. The number of benzene rings is 7. The quantitative estimate of drug-likeness (QED) is 0.164. The Balaban J connectivity index is 1.16. The van der Waals surface area contributed by atoms with Gasteiger partial charge in [0.15, 0.2) is 0 Å². The van der Waals surface area contributed by atoms with Crippen molar-refractivity contribution in [2.75, 3.05) is 4.90 Å². The number of aryl methyl sites for hydroxylation is 2. The van der Waals surface area contributed by atoms with Gasteiger partial charge >= 0.3 is 0 Å². The molecule has 1 aromatic heterocycles. The zero-order valence-corrected chi connectivity index (χ0v) is 32.7. The molecule has 2 aliphatic rings. The minimum Gasteiger partial charge on any atom is -0.310 e. The Kier molecular flexibility index (Phi) is 8.13. The number of thiophene rings is 1. The lowest BCUT2D eigenvalue weighted by molar-refractivity contribution is 0.794. The zero-order chi connectivity index (χ0) is 38.0. The van der Waals surface area contributed by atoms with Crippen LogP contribution in [0.5, 0.6) is 0 Å². The first kappa shape index (κ1) is 34.0. The van der Waals surface area contributed by atoms with Crippen LogP contribution in [0.4, 0.5) is 17.1 Å². The van der Waals surface area contributed by atoms with E-state index in [1.54, 1.807) is 0 Å². The van der Waals surface area contributed by atoms with E-state index >= 15 is 0 Å². The van der Waals surface area contributed by atoms with Gasteiger partial charge in [-0.25, -0.2) is 0 Å². The first-order valence-corrected chi connectivity index (χ1v) is 20.2. The molecule has 0 amide bonds. The maximum Gasteiger partial charge on any atom is 0.0726 e. The highest BCUT2D eigenvalue weighted by molar-refractivity contribution is 7.19. The minimum atomic E-state index is -0.473. The second kappa shape index (κ2) is 13.4. The summed E-state index contributed by atoms with van der Waals surface area (Å²) >= 11 is 1.88. The van der Waals surface area contributed by atoms with Gasteiger partial charge in [-0.3, -0.25) is 0 Å². The lowest BCUT2D eigenvalue weighted by Crippen LogP contribution is -2.26. The van der Waals surface area contributed by atoms with Gasteiger partial charge in [0.25, 0.3) is 0 Å². The Hall–Kier alpha value is -6.48. The molecule has 10 rings (SSSR count). The van der Waals surface area contributed by atoms with E-state index < -0.39 is 5.41 Å². The molecule has 7 aromatic carbocycles. The molecule has 0 saturated carbocycles. The van der Waals surface area contributed by atoms with E-state index in [1.165, 1.54) is 87.3 Å². The minimum absolute atomic E-state index is 0.473. The molecule has 1 spiro atoms. The van der Waals surface area contributed by atoms with Gasteiger partial charge in [0, 0.05) is 26.8 Å². The standard InChI is InChI=1S/C54H41NS/c1-5-15-48-43(6-2)45-20-11-13-22-49(45)54(48)50-23-14-12-21-46(50)47-31-30-42(34-51(47)54)55(41-29-24-37-17-8-9-18-39(37)33-41)40-27-25-38(26-28-40)52-32-36(4)53(56-52)44-19-10-7-16-35(44)3/h5-34H,1H2,2-4H3/b43-6-,48-15+. The van der Waals surface area contributed by atoms with Gasteiger partial charge in [-0.1, -0.05) is 146 Å². The first-order valence-electron chi connectivity index (χ1n) is 19.4. The van der Waals surface area contributed by atoms with E-state index in [0.717, 1.165) is 17.1 Å². The molecule has 0 fully saturated rings. The predicted octanol–water partition coefficient (Wildman–Crippen LogP) is 15.2. The highest BCUT2D eigenvalue weighted by Crippen LogP contribution is 2.64. The number of hydrogen-bond acceptors (Lipinski definition) is 2. The van der Waals surface area contributed by atoms with Crippen LogP contribution in [0.25, 0.3) is 48.4 Å². The third kappa shape index (κ3) is 5.06. The fourth-order valence-corrected chi connectivity index (χ4v) is 10.7. The average molecular weight is 736 g/mol. The lowest BCUT2D eigenvalue weighted by Gasteiger charge is -2.32. The summed E-state index contributed by atoms with van der Waals surface area (Å²) in [6.07, 6.45) is 6.47. The van der Waals surface area contributed by atoms with Crippen LogP contribution in [-0.4, -0.2) is 0 Å². The Labute approximate surface area is 333 Å². The van der Waals surface area contributed by atoms with E-state index in [0.29, 0.717) is 0 Å². The molecule has 56 heavy (non-hydrogen) atoms. The van der Waals surface area contributed by atoms with E-state index in [-0.39, 0.29) is 0 Å². The van der Waals surface area contributed by atoms with Gasteiger partial charge in [-0.05, 0) is 141 Å². The molecule has 1 atom stereocenters. The average Bonchev–Trinajstić information content (AvgIpc) is 3.86. The van der Waals surface area contributed by atoms with Crippen molar-refractivity contribution in [3.05, 3.63) is 228 Å². The van der Waals surface area contributed by atoms with Crippen LogP contribution in [0.15, 0.2) is 194 Å². The third-order valence-electron chi connectivity index (χ3n) is 11.9. The van der Waals surface area contributed by atoms with Crippen molar-refractivity contribution < 1.29 is 0 Å². The molecule has 1 nitrogen and oxygen atoms in total. The normalized spacial score (nSPS) is 16.7. The Bertz CT molecular complexity index is 2920. The Morgan fingerprint density at radius 3 is 1.89 bits per heavy atom. The summed E-state index contributed by atoms with van der Waals surface area (Å²) in [7, 11) is 0. The summed E-state index contributed by atoms with van der Waals surface area (Å²) in [5.74, 6) is 0. The number of anilines is 3. The van der Waals surface area contributed by atoms with Gasteiger partial charge in [-0.2, -0.15) is 0 Å². The molecule has 1 unspecified atom stereocenters. The molecule has 8 aromatic rings. The van der Waals surface area contributed by atoms with Crippen molar-refractivity contribution in [2.45, 2.75) is 26.2 Å². The fourth-order valence-electron chi connectivity index (χ4n) is 9.42. The summed E-state index contributed by atoms with van der Waals surface area (Å²) in [6.45, 7) is 10.8.